The molecule has 1 heterocycles. The van der Waals surface area contributed by atoms with Gasteiger partial charge in [-0.3, -0.25) is 0 Å². The van der Waals surface area contributed by atoms with E-state index in [0.29, 0.717) is 12.1 Å². The minimum Gasteiger partial charge on any atom is -0.378 e. The predicted molar refractivity (Wildman–Crippen MR) is 70.4 cm³/mol. The molecule has 0 aliphatic rings. The maximum atomic E-state index is 13.5. The lowest BCUT2D eigenvalue weighted by molar-refractivity contribution is 0.596. The van der Waals surface area contributed by atoms with Crippen LogP contribution in [0.2, 0.25) is 0 Å². The molecule has 0 saturated carbocycles. The van der Waals surface area contributed by atoms with Crippen LogP contribution in [0.5, 0.6) is 0 Å². The van der Waals surface area contributed by atoms with Crippen LogP contribution in [0.3, 0.4) is 0 Å². The molecular weight excluding hydrogens is 322 g/mol. The summed E-state index contributed by atoms with van der Waals surface area (Å²) in [5.41, 5.74) is 0.668. The van der Waals surface area contributed by atoms with Gasteiger partial charge in [0.1, 0.15) is 17.7 Å². The van der Waals surface area contributed by atoms with E-state index >= 15 is 0 Å². The van der Waals surface area contributed by atoms with Gasteiger partial charge in [0, 0.05) is 22.9 Å². The normalized spacial score (nSPS) is 10.1. The van der Waals surface area contributed by atoms with Crippen molar-refractivity contribution in [2.75, 3.05) is 5.32 Å². The minimum absolute atomic E-state index is 0.0911. The molecule has 0 aliphatic carbocycles. The van der Waals surface area contributed by atoms with Gasteiger partial charge >= 0.3 is 0 Å². The van der Waals surface area contributed by atoms with E-state index in [1.54, 1.807) is 11.4 Å². The highest BCUT2D eigenvalue weighted by Gasteiger charge is 2.08. The number of rotatable bonds is 3. The molecule has 1 aromatic carbocycles. The molecule has 18 heavy (non-hydrogen) atoms. The topological polar surface area (TPSA) is 35.8 Å². The van der Waals surface area contributed by atoms with Gasteiger partial charge in [-0.15, -0.1) is 11.3 Å². The zero-order chi connectivity index (χ0) is 13.1. The van der Waals surface area contributed by atoms with Crippen molar-refractivity contribution < 1.29 is 8.78 Å². The van der Waals surface area contributed by atoms with Crippen molar-refractivity contribution >= 4 is 33.0 Å². The molecule has 2 nitrogen and oxygen atoms in total. The molecule has 0 spiro atoms. The number of thiophene rings is 1. The van der Waals surface area contributed by atoms with E-state index in [1.807, 2.05) is 6.07 Å². The molecule has 0 saturated heterocycles. The zero-order valence-corrected chi connectivity index (χ0v) is 11.4. The van der Waals surface area contributed by atoms with Crippen molar-refractivity contribution in [3.63, 3.8) is 0 Å². The summed E-state index contributed by atoms with van der Waals surface area (Å²) in [4.78, 5) is 0.884. The van der Waals surface area contributed by atoms with Crippen LogP contribution in [0.4, 0.5) is 14.5 Å². The lowest BCUT2D eigenvalue weighted by atomic mass is 10.3. The van der Waals surface area contributed by atoms with Gasteiger partial charge in [-0.05, 0) is 28.1 Å². The molecule has 0 radical (unpaired) electrons. The van der Waals surface area contributed by atoms with Gasteiger partial charge in [0.2, 0.25) is 0 Å². The summed E-state index contributed by atoms with van der Waals surface area (Å²) >= 11 is 4.31. The second-order valence-electron chi connectivity index (χ2n) is 3.51. The van der Waals surface area contributed by atoms with Gasteiger partial charge in [-0.2, -0.15) is 5.26 Å². The number of halogens is 3. The molecule has 2 rings (SSSR count). The summed E-state index contributed by atoms with van der Waals surface area (Å²) in [6.45, 7) is 0.352. The number of benzene rings is 1. The fourth-order valence-electron chi connectivity index (χ4n) is 1.37. The van der Waals surface area contributed by atoms with Gasteiger partial charge in [-0.25, -0.2) is 8.78 Å². The number of nitriles is 1. The van der Waals surface area contributed by atoms with E-state index in [4.69, 9.17) is 5.26 Å². The fourth-order valence-corrected chi connectivity index (χ4v) is 2.44. The summed E-state index contributed by atoms with van der Waals surface area (Å²) < 4.78 is 26.8. The van der Waals surface area contributed by atoms with Crippen molar-refractivity contribution in [2.24, 2.45) is 0 Å². The third-order valence-electron chi connectivity index (χ3n) is 2.25. The van der Waals surface area contributed by atoms with Gasteiger partial charge in [0.15, 0.2) is 0 Å². The Labute approximate surface area is 115 Å². The molecule has 0 fully saturated rings. The molecular formula is C12H7BrF2N2S. The highest BCUT2D eigenvalue weighted by Crippen LogP contribution is 2.24. The number of nitrogens with zero attached hydrogens (tertiary/aromatic N) is 1. The smallest absolute Gasteiger partial charge is 0.147 e. The fraction of sp³-hybridized carbons (Fsp3) is 0.0833. The third-order valence-corrected chi connectivity index (χ3v) is 3.79. The number of nitrogens with one attached hydrogen (secondary N) is 1. The van der Waals surface area contributed by atoms with Gasteiger partial charge < -0.3 is 5.32 Å². The van der Waals surface area contributed by atoms with E-state index in [1.165, 1.54) is 11.3 Å². The lowest BCUT2D eigenvalue weighted by Gasteiger charge is -2.07. The Morgan fingerprint density at radius 1 is 1.28 bits per heavy atom. The van der Waals surface area contributed by atoms with Gasteiger partial charge in [-0.1, -0.05) is 0 Å². The summed E-state index contributed by atoms with van der Waals surface area (Å²) in [5.74, 6) is -1.05. The van der Waals surface area contributed by atoms with E-state index in [0.717, 1.165) is 17.0 Å². The predicted octanol–water partition coefficient (Wildman–Crippen LogP) is 4.27. The van der Waals surface area contributed by atoms with Crippen LogP contribution >= 0.6 is 27.3 Å². The number of anilines is 1. The molecule has 0 bridgehead atoms. The van der Waals surface area contributed by atoms with Gasteiger partial charge in [0.25, 0.3) is 0 Å². The number of hydrogen-bond donors (Lipinski definition) is 1. The Morgan fingerprint density at radius 2 is 2.06 bits per heavy atom. The summed E-state index contributed by atoms with van der Waals surface area (Å²) in [6.07, 6.45) is 0. The summed E-state index contributed by atoms with van der Waals surface area (Å²) in [7, 11) is 0. The molecule has 0 atom stereocenters. The molecule has 0 amide bonds. The Morgan fingerprint density at radius 3 is 2.72 bits per heavy atom. The largest absolute Gasteiger partial charge is 0.378 e. The maximum Gasteiger partial charge on any atom is 0.147 e. The molecule has 1 N–H and O–H groups in total. The average molecular weight is 329 g/mol. The summed E-state index contributed by atoms with van der Waals surface area (Å²) in [6, 6.07) is 5.90. The van der Waals surface area contributed by atoms with Crippen LogP contribution in [-0.4, -0.2) is 0 Å². The molecule has 2 aromatic rings. The Hall–Kier alpha value is -1.45. The third kappa shape index (κ3) is 2.86. The van der Waals surface area contributed by atoms with Gasteiger partial charge in [0.05, 0.1) is 15.7 Å². The van der Waals surface area contributed by atoms with Crippen molar-refractivity contribution in [3.8, 4) is 6.07 Å². The quantitative estimate of drug-likeness (QED) is 0.854. The zero-order valence-electron chi connectivity index (χ0n) is 9.01. The summed E-state index contributed by atoms with van der Waals surface area (Å²) in [5, 5.41) is 13.2. The first-order valence-corrected chi connectivity index (χ1v) is 6.63. The van der Waals surface area contributed by atoms with E-state index < -0.39 is 11.6 Å². The standard InChI is InChI=1S/C12H7BrF2N2S/c13-9-2-11(15)12(3-10(9)14)17-5-8-1-7(4-16)6-18-8/h1-3,6,17H,5H2. The highest BCUT2D eigenvalue weighted by molar-refractivity contribution is 9.10. The Balaban J connectivity index is 2.11. The first kappa shape index (κ1) is 13.0. The monoisotopic (exact) mass is 328 g/mol. The average Bonchev–Trinajstić information content (AvgIpc) is 2.80. The minimum atomic E-state index is -0.527. The molecule has 0 aliphatic heterocycles. The molecule has 92 valence electrons. The van der Waals surface area contributed by atoms with Crippen molar-refractivity contribution in [3.05, 3.63) is 50.1 Å². The van der Waals surface area contributed by atoms with Crippen molar-refractivity contribution in [1.82, 2.24) is 0 Å². The molecule has 0 unspecified atom stereocenters. The first-order chi connectivity index (χ1) is 8.60. The Bertz CT molecular complexity index is 619. The molecule has 1 aromatic heterocycles. The Kier molecular flexibility index (Phi) is 3.94. The van der Waals surface area contributed by atoms with Crippen molar-refractivity contribution in [1.29, 1.82) is 5.26 Å². The van der Waals surface area contributed by atoms with Crippen molar-refractivity contribution in [2.45, 2.75) is 6.54 Å². The second-order valence-corrected chi connectivity index (χ2v) is 5.36. The van der Waals surface area contributed by atoms with Crippen LogP contribution in [-0.2, 0) is 6.54 Å². The van der Waals surface area contributed by atoms with E-state index in [-0.39, 0.29) is 10.2 Å². The van der Waals surface area contributed by atoms with Crippen LogP contribution < -0.4 is 5.32 Å². The van der Waals surface area contributed by atoms with E-state index in [2.05, 4.69) is 21.2 Å². The highest BCUT2D eigenvalue weighted by atomic mass is 79.9. The van der Waals surface area contributed by atoms with Crippen LogP contribution in [0.1, 0.15) is 10.4 Å². The SMILES string of the molecule is N#Cc1csc(CNc2cc(F)c(Br)cc2F)c1. The maximum absolute atomic E-state index is 13.5. The number of hydrogen-bond acceptors (Lipinski definition) is 3. The first-order valence-electron chi connectivity index (χ1n) is 4.96. The van der Waals surface area contributed by atoms with E-state index in [9.17, 15) is 8.78 Å². The van der Waals surface area contributed by atoms with Crippen LogP contribution in [0, 0.1) is 23.0 Å². The second kappa shape index (κ2) is 5.46. The van der Waals surface area contributed by atoms with Crippen LogP contribution in [0.25, 0.3) is 0 Å². The lowest BCUT2D eigenvalue weighted by Crippen LogP contribution is -2.00. The molecule has 6 heteroatoms. The van der Waals surface area contributed by atoms with Crippen LogP contribution in [0.15, 0.2) is 28.1 Å².